The summed E-state index contributed by atoms with van der Waals surface area (Å²) in [4.78, 5) is 35.4. The highest BCUT2D eigenvalue weighted by atomic mass is 32.2. The Balaban J connectivity index is 5.05. The second-order valence-electron chi connectivity index (χ2n) is 6.97. The lowest BCUT2D eigenvalue weighted by Gasteiger charge is -2.28. The minimum atomic E-state index is -0.969. The molecule has 0 spiro atoms. The van der Waals surface area contributed by atoms with Crippen molar-refractivity contribution in [2.45, 2.75) is 77.9 Å². The van der Waals surface area contributed by atoms with Gasteiger partial charge in [-0.25, -0.2) is 9.59 Å². The van der Waals surface area contributed by atoms with E-state index in [1.807, 2.05) is 0 Å². The number of carbonyl (C=O) groups excluding carboxylic acids is 3. The number of hydrogen-bond acceptors (Lipinski definition) is 6. The fourth-order valence-electron chi connectivity index (χ4n) is 1.50. The van der Waals surface area contributed by atoms with Crippen LogP contribution in [0.3, 0.4) is 0 Å². The predicted molar refractivity (Wildman–Crippen MR) is 86.7 cm³/mol. The summed E-state index contributed by atoms with van der Waals surface area (Å²) in [6, 6.07) is -0.969. The van der Waals surface area contributed by atoms with Crippen molar-refractivity contribution in [2.75, 3.05) is 0 Å². The van der Waals surface area contributed by atoms with E-state index < -0.39 is 34.6 Å². The van der Waals surface area contributed by atoms with Gasteiger partial charge in [0.2, 0.25) is 0 Å². The van der Waals surface area contributed by atoms with E-state index in [-0.39, 0.29) is 5.12 Å². The summed E-state index contributed by atoms with van der Waals surface area (Å²) in [6.45, 7) is 13.5. The summed E-state index contributed by atoms with van der Waals surface area (Å²) in [5.41, 5.74) is -1.37. The number of hydrogen-bond donors (Lipinski definition) is 1. The Morgan fingerprint density at radius 1 is 0.955 bits per heavy atom. The molecule has 0 aromatic heterocycles. The van der Waals surface area contributed by atoms with Gasteiger partial charge >= 0.3 is 12.1 Å². The van der Waals surface area contributed by atoms with Gasteiger partial charge in [-0.3, -0.25) is 4.79 Å². The zero-order valence-corrected chi connectivity index (χ0v) is 15.4. The van der Waals surface area contributed by atoms with E-state index in [4.69, 9.17) is 9.47 Å². The SMILES string of the molecule is CC(=O)S[C@@H](C)[C@H](NC(=O)OC(C)(C)C)C(=O)OC(C)(C)C. The molecule has 6 nitrogen and oxygen atoms in total. The van der Waals surface area contributed by atoms with E-state index in [0.717, 1.165) is 11.8 Å². The van der Waals surface area contributed by atoms with Crippen molar-refractivity contribution in [3.05, 3.63) is 0 Å². The Bertz CT molecular complexity index is 423. The van der Waals surface area contributed by atoms with E-state index in [9.17, 15) is 14.4 Å². The molecule has 0 radical (unpaired) electrons. The van der Waals surface area contributed by atoms with Crippen LogP contribution in [0.5, 0.6) is 0 Å². The van der Waals surface area contributed by atoms with Gasteiger partial charge in [0.05, 0.1) is 0 Å². The van der Waals surface area contributed by atoms with Crippen molar-refractivity contribution < 1.29 is 23.9 Å². The Morgan fingerprint density at radius 2 is 1.41 bits per heavy atom. The Labute approximate surface area is 136 Å². The smallest absolute Gasteiger partial charge is 0.408 e. The van der Waals surface area contributed by atoms with Crippen LogP contribution >= 0.6 is 11.8 Å². The van der Waals surface area contributed by atoms with Crippen LogP contribution in [0.4, 0.5) is 4.79 Å². The molecule has 128 valence electrons. The number of alkyl carbamates (subject to hydrolysis) is 1. The number of thioether (sulfide) groups is 1. The van der Waals surface area contributed by atoms with Gasteiger partial charge in [0.15, 0.2) is 5.12 Å². The minimum absolute atomic E-state index is 0.146. The van der Waals surface area contributed by atoms with Gasteiger partial charge in [0.1, 0.15) is 17.2 Å². The average Bonchev–Trinajstić information content (AvgIpc) is 2.19. The quantitative estimate of drug-likeness (QED) is 0.797. The average molecular weight is 333 g/mol. The van der Waals surface area contributed by atoms with Gasteiger partial charge in [-0.05, 0) is 41.5 Å². The molecule has 0 unspecified atom stereocenters. The van der Waals surface area contributed by atoms with Crippen molar-refractivity contribution in [1.29, 1.82) is 0 Å². The monoisotopic (exact) mass is 333 g/mol. The fourth-order valence-corrected chi connectivity index (χ4v) is 2.34. The van der Waals surface area contributed by atoms with Crippen LogP contribution in [0.25, 0.3) is 0 Å². The van der Waals surface area contributed by atoms with Crippen molar-refractivity contribution in [1.82, 2.24) is 5.32 Å². The summed E-state index contributed by atoms with van der Waals surface area (Å²) in [5.74, 6) is -0.598. The molecule has 0 fully saturated rings. The maximum absolute atomic E-state index is 12.3. The molecule has 0 aliphatic carbocycles. The van der Waals surface area contributed by atoms with E-state index in [2.05, 4.69) is 5.32 Å². The molecule has 0 aliphatic heterocycles. The van der Waals surface area contributed by atoms with Gasteiger partial charge in [0, 0.05) is 12.2 Å². The summed E-state index contributed by atoms with van der Waals surface area (Å²) >= 11 is 0.967. The third kappa shape index (κ3) is 9.65. The molecule has 2 atom stereocenters. The van der Waals surface area contributed by atoms with Crippen LogP contribution in [-0.2, 0) is 19.1 Å². The zero-order chi connectivity index (χ0) is 17.7. The maximum Gasteiger partial charge on any atom is 0.408 e. The normalized spacial score (nSPS) is 14.7. The van der Waals surface area contributed by atoms with Gasteiger partial charge < -0.3 is 14.8 Å². The topological polar surface area (TPSA) is 81.7 Å². The molecule has 0 aliphatic rings. The van der Waals surface area contributed by atoms with Gasteiger partial charge in [-0.15, -0.1) is 0 Å². The molecule has 7 heteroatoms. The molecule has 1 amide bonds. The van der Waals surface area contributed by atoms with E-state index in [0.29, 0.717) is 0 Å². The van der Waals surface area contributed by atoms with Gasteiger partial charge in [0.25, 0.3) is 0 Å². The number of rotatable bonds is 4. The Morgan fingerprint density at radius 3 is 1.77 bits per heavy atom. The first-order valence-electron chi connectivity index (χ1n) is 7.11. The molecule has 0 heterocycles. The summed E-state index contributed by atoms with van der Waals surface area (Å²) in [7, 11) is 0. The highest BCUT2D eigenvalue weighted by Crippen LogP contribution is 2.19. The number of carbonyl (C=O) groups is 3. The van der Waals surface area contributed by atoms with Crippen LogP contribution in [0.15, 0.2) is 0 Å². The lowest BCUT2D eigenvalue weighted by Crippen LogP contribution is -2.50. The maximum atomic E-state index is 12.3. The van der Waals surface area contributed by atoms with Crippen molar-refractivity contribution in [2.24, 2.45) is 0 Å². The third-order valence-electron chi connectivity index (χ3n) is 2.15. The fraction of sp³-hybridized carbons (Fsp3) is 0.800. The van der Waals surface area contributed by atoms with E-state index >= 15 is 0 Å². The first-order valence-corrected chi connectivity index (χ1v) is 7.99. The number of ether oxygens (including phenoxy) is 2. The van der Waals surface area contributed by atoms with E-state index in [1.54, 1.807) is 48.5 Å². The lowest BCUT2D eigenvalue weighted by atomic mass is 10.1. The molecule has 0 rings (SSSR count). The molecular weight excluding hydrogens is 306 g/mol. The van der Waals surface area contributed by atoms with E-state index in [1.165, 1.54) is 6.92 Å². The minimum Gasteiger partial charge on any atom is -0.458 e. The Hall–Kier alpha value is -1.24. The second-order valence-corrected chi connectivity index (χ2v) is 8.53. The summed E-state index contributed by atoms with van der Waals surface area (Å²) in [5, 5.41) is 1.87. The van der Waals surface area contributed by atoms with Crippen LogP contribution in [-0.4, -0.2) is 39.7 Å². The third-order valence-corrected chi connectivity index (χ3v) is 3.13. The van der Waals surface area contributed by atoms with Gasteiger partial charge in [-0.2, -0.15) is 0 Å². The van der Waals surface area contributed by atoms with Crippen LogP contribution in [0.2, 0.25) is 0 Å². The standard InChI is InChI=1S/C15H27NO5S/c1-9(22-10(2)17)11(12(18)20-14(3,4)5)16-13(19)21-15(6,7)8/h9,11H,1-8H3,(H,16,19)/t9-,11-/m0/s1. The molecule has 0 aromatic carbocycles. The molecule has 0 saturated heterocycles. The molecule has 0 aromatic rings. The molecule has 22 heavy (non-hydrogen) atoms. The van der Waals surface area contributed by atoms with Crippen molar-refractivity contribution in [3.63, 3.8) is 0 Å². The molecular formula is C15H27NO5S. The highest BCUT2D eigenvalue weighted by Gasteiger charge is 2.33. The Kier molecular flexibility index (Phi) is 7.41. The van der Waals surface area contributed by atoms with Gasteiger partial charge in [-0.1, -0.05) is 18.7 Å². The largest absolute Gasteiger partial charge is 0.458 e. The summed E-state index contributed by atoms with van der Waals surface area (Å²) in [6.07, 6.45) is -0.723. The number of esters is 1. The number of amides is 1. The first-order chi connectivity index (χ1) is 9.71. The zero-order valence-electron chi connectivity index (χ0n) is 14.6. The second kappa shape index (κ2) is 7.85. The van der Waals surface area contributed by atoms with Crippen molar-refractivity contribution >= 4 is 28.9 Å². The summed E-state index contributed by atoms with van der Waals surface area (Å²) < 4.78 is 10.5. The number of nitrogens with one attached hydrogen (secondary N) is 1. The molecule has 0 saturated carbocycles. The molecule has 1 N–H and O–H groups in total. The van der Waals surface area contributed by atoms with Crippen LogP contribution in [0, 0.1) is 0 Å². The lowest BCUT2D eigenvalue weighted by molar-refractivity contribution is -0.157. The highest BCUT2D eigenvalue weighted by molar-refractivity contribution is 8.14. The predicted octanol–water partition coefficient (Wildman–Crippen LogP) is 2.89. The van der Waals surface area contributed by atoms with Crippen LogP contribution in [0.1, 0.15) is 55.4 Å². The first kappa shape index (κ1) is 20.8. The van der Waals surface area contributed by atoms with Crippen molar-refractivity contribution in [3.8, 4) is 0 Å². The molecule has 0 bridgehead atoms. The van der Waals surface area contributed by atoms with Crippen LogP contribution < -0.4 is 5.32 Å².